The maximum absolute atomic E-state index is 12.8. The first-order valence-electron chi connectivity index (χ1n) is 8.97. The summed E-state index contributed by atoms with van der Waals surface area (Å²) in [5.74, 6) is 1.60. The molecule has 0 N–H and O–H groups in total. The van der Waals surface area contributed by atoms with Crippen molar-refractivity contribution in [1.82, 2.24) is 4.90 Å². The second-order valence-corrected chi connectivity index (χ2v) is 6.09. The highest BCUT2D eigenvalue weighted by Gasteiger charge is 2.32. The van der Waals surface area contributed by atoms with Gasteiger partial charge in [0.25, 0.3) is 5.91 Å². The Bertz CT molecular complexity index is 757. The first-order valence-corrected chi connectivity index (χ1v) is 8.97. The summed E-state index contributed by atoms with van der Waals surface area (Å²) in [6.07, 6.45) is 0.847. The molecule has 0 aromatic heterocycles. The number of rotatable bonds is 7. The predicted octanol–water partition coefficient (Wildman–Crippen LogP) is 4.59. The van der Waals surface area contributed by atoms with Gasteiger partial charge < -0.3 is 14.4 Å². The van der Waals surface area contributed by atoms with Crippen molar-refractivity contribution in [3.63, 3.8) is 0 Å². The maximum Gasteiger partial charge on any atom is 0.255 e. The predicted molar refractivity (Wildman–Crippen MR) is 98.1 cm³/mol. The molecule has 2 aromatic rings. The van der Waals surface area contributed by atoms with E-state index < -0.39 is 0 Å². The molecule has 4 nitrogen and oxygen atoms in total. The number of benzene rings is 2. The van der Waals surface area contributed by atoms with Crippen LogP contribution in [0.1, 0.15) is 54.7 Å². The fourth-order valence-corrected chi connectivity index (χ4v) is 3.44. The monoisotopic (exact) mass is 339 g/mol. The van der Waals surface area contributed by atoms with Crippen molar-refractivity contribution in [3.8, 4) is 11.5 Å². The summed E-state index contributed by atoms with van der Waals surface area (Å²) in [6, 6.07) is 13.9. The van der Waals surface area contributed by atoms with Crippen LogP contribution < -0.4 is 9.47 Å². The Balaban J connectivity index is 1.91. The number of hydrogen-bond donors (Lipinski definition) is 0. The molecule has 1 aliphatic heterocycles. The average molecular weight is 339 g/mol. The molecule has 25 heavy (non-hydrogen) atoms. The van der Waals surface area contributed by atoms with Crippen LogP contribution in [0.25, 0.3) is 0 Å². The first-order chi connectivity index (χ1) is 12.2. The zero-order valence-corrected chi connectivity index (χ0v) is 15.1. The Kier molecular flexibility index (Phi) is 5.27. The van der Waals surface area contributed by atoms with Crippen LogP contribution in [0.5, 0.6) is 11.5 Å². The minimum atomic E-state index is 0.0229. The molecule has 0 spiro atoms. The van der Waals surface area contributed by atoms with Crippen LogP contribution in [0.15, 0.2) is 42.5 Å². The number of fused-ring (bicyclic) bond motifs is 1. The van der Waals surface area contributed by atoms with E-state index in [4.69, 9.17) is 9.47 Å². The van der Waals surface area contributed by atoms with Crippen molar-refractivity contribution in [3.05, 3.63) is 59.2 Å². The van der Waals surface area contributed by atoms with Gasteiger partial charge >= 0.3 is 0 Å². The molecule has 0 bridgehead atoms. The lowest BCUT2D eigenvalue weighted by Crippen LogP contribution is -2.28. The van der Waals surface area contributed by atoms with Gasteiger partial charge in [0, 0.05) is 12.1 Å². The quantitative estimate of drug-likeness (QED) is 0.740. The van der Waals surface area contributed by atoms with Crippen molar-refractivity contribution in [2.24, 2.45) is 0 Å². The van der Waals surface area contributed by atoms with E-state index in [0.717, 1.165) is 34.6 Å². The Morgan fingerprint density at radius 1 is 1.00 bits per heavy atom. The van der Waals surface area contributed by atoms with Crippen molar-refractivity contribution in [1.29, 1.82) is 0 Å². The fourth-order valence-electron chi connectivity index (χ4n) is 3.44. The molecule has 0 aliphatic carbocycles. The normalized spacial score (nSPS) is 14.4. The zero-order valence-electron chi connectivity index (χ0n) is 15.1. The number of carbonyl (C=O) groups excluding carboxylic acids is 1. The Morgan fingerprint density at radius 3 is 2.40 bits per heavy atom. The highest BCUT2D eigenvalue weighted by atomic mass is 16.5. The molecule has 3 rings (SSSR count). The summed E-state index contributed by atoms with van der Waals surface area (Å²) in [5, 5.41) is 0. The molecule has 0 saturated carbocycles. The second-order valence-electron chi connectivity index (χ2n) is 6.09. The van der Waals surface area contributed by atoms with E-state index in [1.54, 1.807) is 0 Å². The molecule has 2 aromatic carbocycles. The fraction of sp³-hybridized carbons (Fsp3) is 0.381. The Labute approximate surface area is 149 Å². The van der Waals surface area contributed by atoms with Crippen molar-refractivity contribution >= 4 is 5.91 Å². The lowest BCUT2D eigenvalue weighted by molar-refractivity contribution is 0.0695. The number of nitrogens with zero attached hydrogens (tertiary/aromatic N) is 1. The maximum atomic E-state index is 12.8. The molecule has 0 unspecified atom stereocenters. The van der Waals surface area contributed by atoms with E-state index in [0.29, 0.717) is 19.8 Å². The third kappa shape index (κ3) is 3.34. The molecule has 1 atom stereocenters. The van der Waals surface area contributed by atoms with Crippen molar-refractivity contribution < 1.29 is 14.3 Å². The molecule has 1 aliphatic rings. The third-order valence-electron chi connectivity index (χ3n) is 4.56. The van der Waals surface area contributed by atoms with E-state index in [-0.39, 0.29) is 11.9 Å². The van der Waals surface area contributed by atoms with Gasteiger partial charge in [0.1, 0.15) is 0 Å². The third-order valence-corrected chi connectivity index (χ3v) is 4.56. The second kappa shape index (κ2) is 7.60. The SMILES string of the molecule is CCOc1ccc([C@H](CC)N2Cc3ccccc3C2=O)cc1OCC. The highest BCUT2D eigenvalue weighted by molar-refractivity contribution is 5.98. The highest BCUT2D eigenvalue weighted by Crippen LogP contribution is 2.37. The molecule has 4 heteroatoms. The van der Waals surface area contributed by atoms with Gasteiger partial charge in [-0.1, -0.05) is 31.2 Å². The summed E-state index contributed by atoms with van der Waals surface area (Å²) in [7, 11) is 0. The van der Waals surface area contributed by atoms with Crippen LogP contribution >= 0.6 is 0 Å². The lowest BCUT2D eigenvalue weighted by Gasteiger charge is -2.28. The minimum Gasteiger partial charge on any atom is -0.490 e. The number of amides is 1. The molecular weight excluding hydrogens is 314 g/mol. The summed E-state index contributed by atoms with van der Waals surface area (Å²) >= 11 is 0. The number of ether oxygens (including phenoxy) is 2. The minimum absolute atomic E-state index is 0.0229. The van der Waals surface area contributed by atoms with E-state index in [2.05, 4.69) is 6.92 Å². The smallest absolute Gasteiger partial charge is 0.255 e. The van der Waals surface area contributed by atoms with Crippen molar-refractivity contribution in [2.45, 2.75) is 39.8 Å². The largest absolute Gasteiger partial charge is 0.490 e. The van der Waals surface area contributed by atoms with E-state index in [1.807, 2.05) is 61.2 Å². The van der Waals surface area contributed by atoms with E-state index >= 15 is 0 Å². The molecule has 132 valence electrons. The standard InChI is InChI=1S/C21H25NO3/c1-4-18(22-14-16-9-7-8-10-17(16)21(22)23)15-11-12-19(24-5-2)20(13-15)25-6-3/h7-13,18H,4-6,14H2,1-3H3/t18-/m0/s1. The summed E-state index contributed by atoms with van der Waals surface area (Å²) in [6.45, 7) is 7.85. The molecule has 1 heterocycles. The summed E-state index contributed by atoms with van der Waals surface area (Å²) in [4.78, 5) is 14.8. The lowest BCUT2D eigenvalue weighted by atomic mass is 10.0. The van der Waals surface area contributed by atoms with E-state index in [9.17, 15) is 4.79 Å². The summed E-state index contributed by atoms with van der Waals surface area (Å²) in [5.41, 5.74) is 2.99. The van der Waals surface area contributed by atoms with Gasteiger partial charge in [-0.15, -0.1) is 0 Å². The van der Waals surface area contributed by atoms with Gasteiger partial charge in [0.05, 0.1) is 19.3 Å². The molecule has 0 fully saturated rings. The Morgan fingerprint density at radius 2 is 1.72 bits per heavy atom. The van der Waals surface area contributed by atoms with Gasteiger partial charge in [-0.25, -0.2) is 0 Å². The van der Waals surface area contributed by atoms with Crippen LogP contribution in [0.4, 0.5) is 0 Å². The van der Waals surface area contributed by atoms with Gasteiger partial charge in [-0.05, 0) is 49.6 Å². The van der Waals surface area contributed by atoms with Crippen LogP contribution in [-0.4, -0.2) is 24.0 Å². The molecule has 0 saturated heterocycles. The number of hydrogen-bond acceptors (Lipinski definition) is 3. The molecule has 1 amide bonds. The van der Waals surface area contributed by atoms with Crippen LogP contribution in [-0.2, 0) is 6.54 Å². The van der Waals surface area contributed by atoms with Crippen LogP contribution in [0.3, 0.4) is 0 Å². The van der Waals surface area contributed by atoms with Crippen LogP contribution in [0, 0.1) is 0 Å². The van der Waals surface area contributed by atoms with Crippen LogP contribution in [0.2, 0.25) is 0 Å². The van der Waals surface area contributed by atoms with Gasteiger partial charge in [0.2, 0.25) is 0 Å². The molecule has 0 radical (unpaired) electrons. The molecular formula is C21H25NO3. The van der Waals surface area contributed by atoms with Gasteiger partial charge in [0.15, 0.2) is 11.5 Å². The first kappa shape index (κ1) is 17.3. The van der Waals surface area contributed by atoms with Crippen molar-refractivity contribution in [2.75, 3.05) is 13.2 Å². The van der Waals surface area contributed by atoms with Gasteiger partial charge in [-0.2, -0.15) is 0 Å². The topological polar surface area (TPSA) is 38.8 Å². The zero-order chi connectivity index (χ0) is 17.8. The van der Waals surface area contributed by atoms with E-state index in [1.165, 1.54) is 0 Å². The van der Waals surface area contributed by atoms with Gasteiger partial charge in [-0.3, -0.25) is 4.79 Å². The number of carbonyl (C=O) groups is 1. The summed E-state index contributed by atoms with van der Waals surface area (Å²) < 4.78 is 11.4. The average Bonchev–Trinajstić information content (AvgIpc) is 2.95. The Hall–Kier alpha value is -2.49.